The summed E-state index contributed by atoms with van der Waals surface area (Å²) in [6.07, 6.45) is 3.64. The first-order valence-electron chi connectivity index (χ1n) is 9.37. The molecule has 0 aliphatic carbocycles. The lowest BCUT2D eigenvalue weighted by Crippen LogP contribution is -2.55. The van der Waals surface area contributed by atoms with Crippen molar-refractivity contribution in [1.29, 1.82) is 0 Å². The molecule has 29 heavy (non-hydrogen) atoms. The zero-order chi connectivity index (χ0) is 20.7. The third-order valence-electron chi connectivity index (χ3n) is 4.85. The average Bonchev–Trinajstić information content (AvgIpc) is 2.69. The number of nitrogens with zero attached hydrogens (tertiary/aromatic N) is 2. The maximum atomic E-state index is 13.6. The molecule has 1 saturated heterocycles. The number of carbonyl (C=O) groups is 1. The summed E-state index contributed by atoms with van der Waals surface area (Å²) in [6, 6.07) is 1.73. The smallest absolute Gasteiger partial charge is 0.243 e. The van der Waals surface area contributed by atoms with Gasteiger partial charge in [-0.25, -0.2) is 13.2 Å². The van der Waals surface area contributed by atoms with Crippen molar-refractivity contribution < 1.29 is 18.0 Å². The molecule has 1 amide bonds. The van der Waals surface area contributed by atoms with Crippen molar-refractivity contribution in [3.05, 3.63) is 29.6 Å². The summed E-state index contributed by atoms with van der Waals surface area (Å²) in [5.74, 6) is -4.55. The molecule has 0 unspecified atom stereocenters. The Morgan fingerprint density at radius 1 is 1.10 bits per heavy atom. The Hall–Kier alpha value is -1.56. The van der Waals surface area contributed by atoms with Crippen LogP contribution in [0.5, 0.6) is 0 Å². The third-order valence-corrected chi connectivity index (χ3v) is 4.85. The SMILES string of the molecule is CN=C(NCC(=O)Nc1ccc(F)c(F)c1F)NCC(C)(C)N1CCCCC1.I. The fourth-order valence-electron chi connectivity index (χ4n) is 3.11. The fourth-order valence-corrected chi connectivity index (χ4v) is 3.11. The van der Waals surface area contributed by atoms with Crippen molar-refractivity contribution in [3.8, 4) is 0 Å². The molecule has 0 atom stereocenters. The van der Waals surface area contributed by atoms with Gasteiger partial charge >= 0.3 is 0 Å². The van der Waals surface area contributed by atoms with Gasteiger partial charge in [-0.3, -0.25) is 14.7 Å². The van der Waals surface area contributed by atoms with Crippen molar-refractivity contribution in [1.82, 2.24) is 15.5 Å². The lowest BCUT2D eigenvalue weighted by atomic mass is 9.98. The highest BCUT2D eigenvalue weighted by atomic mass is 127. The topological polar surface area (TPSA) is 68.8 Å². The Balaban J connectivity index is 0.00000420. The fraction of sp³-hybridized carbons (Fsp3) is 0.579. The van der Waals surface area contributed by atoms with Gasteiger partial charge in [-0.2, -0.15) is 0 Å². The van der Waals surface area contributed by atoms with Gasteiger partial charge in [0.15, 0.2) is 23.4 Å². The molecule has 1 fully saturated rings. The molecule has 1 aliphatic heterocycles. The van der Waals surface area contributed by atoms with E-state index in [0.717, 1.165) is 25.2 Å². The molecule has 6 nitrogen and oxygen atoms in total. The second-order valence-electron chi connectivity index (χ2n) is 7.41. The maximum Gasteiger partial charge on any atom is 0.243 e. The van der Waals surface area contributed by atoms with Crippen LogP contribution in [0.1, 0.15) is 33.1 Å². The van der Waals surface area contributed by atoms with E-state index >= 15 is 0 Å². The van der Waals surface area contributed by atoms with Crippen LogP contribution < -0.4 is 16.0 Å². The summed E-state index contributed by atoms with van der Waals surface area (Å²) in [6.45, 7) is 6.84. The lowest BCUT2D eigenvalue weighted by Gasteiger charge is -2.41. The van der Waals surface area contributed by atoms with Crippen LogP contribution in [-0.2, 0) is 4.79 Å². The molecule has 10 heteroatoms. The van der Waals surface area contributed by atoms with Gasteiger partial charge in [0, 0.05) is 19.1 Å². The van der Waals surface area contributed by atoms with E-state index in [1.165, 1.54) is 19.3 Å². The van der Waals surface area contributed by atoms with E-state index in [9.17, 15) is 18.0 Å². The molecular formula is C19H29F3IN5O. The molecular weight excluding hydrogens is 498 g/mol. The Morgan fingerprint density at radius 2 is 1.76 bits per heavy atom. The summed E-state index contributed by atoms with van der Waals surface area (Å²) in [5, 5.41) is 8.22. The highest BCUT2D eigenvalue weighted by molar-refractivity contribution is 14.0. The summed E-state index contributed by atoms with van der Waals surface area (Å²) in [7, 11) is 1.58. The molecule has 0 bridgehead atoms. The number of carbonyl (C=O) groups excluding carboxylic acids is 1. The summed E-state index contributed by atoms with van der Waals surface area (Å²) in [5.41, 5.74) is -0.491. The van der Waals surface area contributed by atoms with E-state index in [1.54, 1.807) is 7.05 Å². The minimum atomic E-state index is -1.62. The minimum absolute atomic E-state index is 0. The molecule has 0 saturated carbocycles. The van der Waals surface area contributed by atoms with Gasteiger partial charge in [-0.05, 0) is 51.9 Å². The number of likely N-dealkylation sites (tertiary alicyclic amines) is 1. The number of guanidine groups is 1. The first-order valence-corrected chi connectivity index (χ1v) is 9.37. The van der Waals surface area contributed by atoms with Crippen molar-refractivity contribution in [3.63, 3.8) is 0 Å². The first kappa shape index (κ1) is 25.5. The van der Waals surface area contributed by atoms with Gasteiger partial charge in [-0.1, -0.05) is 6.42 Å². The predicted octanol–water partition coefficient (Wildman–Crippen LogP) is 3.09. The van der Waals surface area contributed by atoms with Crippen LogP contribution in [-0.4, -0.2) is 55.5 Å². The highest BCUT2D eigenvalue weighted by Crippen LogP contribution is 2.20. The van der Waals surface area contributed by atoms with Crippen LogP contribution in [0, 0.1) is 17.5 Å². The second kappa shape index (κ2) is 11.6. The van der Waals surface area contributed by atoms with Crippen molar-refractivity contribution in [2.45, 2.75) is 38.6 Å². The zero-order valence-electron chi connectivity index (χ0n) is 16.9. The van der Waals surface area contributed by atoms with Crippen LogP contribution >= 0.6 is 24.0 Å². The number of benzene rings is 1. The molecule has 164 valence electrons. The predicted molar refractivity (Wildman–Crippen MR) is 119 cm³/mol. The molecule has 3 N–H and O–H groups in total. The Kier molecular flexibility index (Phi) is 10.2. The van der Waals surface area contributed by atoms with Crippen LogP contribution in [0.15, 0.2) is 17.1 Å². The number of piperidine rings is 1. The minimum Gasteiger partial charge on any atom is -0.355 e. The zero-order valence-corrected chi connectivity index (χ0v) is 19.3. The first-order chi connectivity index (χ1) is 13.2. The summed E-state index contributed by atoms with van der Waals surface area (Å²) < 4.78 is 39.8. The molecule has 0 radical (unpaired) electrons. The molecule has 0 spiro atoms. The Bertz CT molecular complexity index is 724. The van der Waals surface area contributed by atoms with Gasteiger partial charge in [0.1, 0.15) is 0 Å². The normalized spacial score (nSPS) is 15.4. The lowest BCUT2D eigenvalue weighted by molar-refractivity contribution is -0.115. The Labute approximate surface area is 186 Å². The van der Waals surface area contributed by atoms with Crippen LogP contribution in [0.3, 0.4) is 0 Å². The van der Waals surface area contributed by atoms with Crippen LogP contribution in [0.4, 0.5) is 18.9 Å². The highest BCUT2D eigenvalue weighted by Gasteiger charge is 2.28. The number of rotatable bonds is 6. The van der Waals surface area contributed by atoms with Crippen LogP contribution in [0.2, 0.25) is 0 Å². The van der Waals surface area contributed by atoms with E-state index in [0.29, 0.717) is 12.5 Å². The number of nitrogens with one attached hydrogen (secondary N) is 3. The molecule has 1 aromatic carbocycles. The maximum absolute atomic E-state index is 13.6. The second-order valence-corrected chi connectivity index (χ2v) is 7.41. The number of anilines is 1. The van der Waals surface area contributed by atoms with Crippen molar-refractivity contribution in [2.75, 3.05) is 38.5 Å². The van der Waals surface area contributed by atoms with E-state index in [4.69, 9.17) is 0 Å². The van der Waals surface area contributed by atoms with E-state index in [-0.39, 0.29) is 36.1 Å². The van der Waals surface area contributed by atoms with Gasteiger partial charge in [0.2, 0.25) is 5.91 Å². The van der Waals surface area contributed by atoms with Crippen molar-refractivity contribution in [2.24, 2.45) is 4.99 Å². The van der Waals surface area contributed by atoms with Gasteiger partial charge in [-0.15, -0.1) is 24.0 Å². The summed E-state index contributed by atoms with van der Waals surface area (Å²) >= 11 is 0. The summed E-state index contributed by atoms with van der Waals surface area (Å²) in [4.78, 5) is 18.5. The van der Waals surface area contributed by atoms with E-state index < -0.39 is 29.0 Å². The Morgan fingerprint density at radius 3 is 2.38 bits per heavy atom. The van der Waals surface area contributed by atoms with Gasteiger partial charge in [0.05, 0.1) is 12.2 Å². The number of hydrogen-bond donors (Lipinski definition) is 3. The largest absolute Gasteiger partial charge is 0.355 e. The molecule has 1 aliphatic rings. The van der Waals surface area contributed by atoms with Gasteiger partial charge < -0.3 is 16.0 Å². The average molecular weight is 527 g/mol. The van der Waals surface area contributed by atoms with Crippen molar-refractivity contribution >= 4 is 41.5 Å². The third kappa shape index (κ3) is 7.32. The van der Waals surface area contributed by atoms with E-state index in [1.807, 2.05) is 0 Å². The number of halogens is 4. The number of amides is 1. The molecule has 2 rings (SSSR count). The molecule has 1 aromatic rings. The quantitative estimate of drug-likeness (QED) is 0.230. The monoisotopic (exact) mass is 527 g/mol. The van der Waals surface area contributed by atoms with E-state index in [2.05, 4.69) is 39.7 Å². The van der Waals surface area contributed by atoms with Gasteiger partial charge in [0.25, 0.3) is 0 Å². The number of aliphatic imine (C=N–C) groups is 1. The standard InChI is InChI=1S/C19H28F3N5O.HI/c1-19(2,27-9-5-4-6-10-27)12-25-18(23-3)24-11-15(28)26-14-8-7-13(20)16(21)17(14)22;/h7-8H,4-6,9-12H2,1-3H3,(H,26,28)(H2,23,24,25);1H. The van der Waals surface area contributed by atoms with Crippen LogP contribution in [0.25, 0.3) is 0 Å². The molecule has 0 aromatic heterocycles. The molecule has 1 heterocycles. The number of hydrogen-bond acceptors (Lipinski definition) is 3.